The smallest absolute Gasteiger partial charge is 0.325 e. The lowest BCUT2D eigenvalue weighted by Gasteiger charge is -2.16. The van der Waals surface area contributed by atoms with E-state index < -0.39 is 12.0 Å². The van der Waals surface area contributed by atoms with Crippen molar-refractivity contribution in [3.63, 3.8) is 0 Å². The van der Waals surface area contributed by atoms with Gasteiger partial charge in [-0.05, 0) is 18.2 Å². The van der Waals surface area contributed by atoms with Crippen molar-refractivity contribution in [2.75, 3.05) is 26.0 Å². The maximum absolute atomic E-state index is 11.7. The molecule has 18 heavy (non-hydrogen) atoms. The van der Waals surface area contributed by atoms with Crippen LogP contribution in [0.1, 0.15) is 0 Å². The standard InChI is InChI=1S/C11H12Cl2N2O3/c1-15(6-10(16)18-2)11(17)14-7-3-4-8(12)9(13)5-7/h3-5H,6H2,1-2H3,(H,14,17). The fraction of sp³-hybridized carbons (Fsp3) is 0.273. The molecule has 1 N–H and O–H groups in total. The number of hydrogen-bond acceptors (Lipinski definition) is 3. The van der Waals surface area contributed by atoms with Crippen molar-refractivity contribution >= 4 is 40.9 Å². The summed E-state index contributed by atoms with van der Waals surface area (Å²) in [4.78, 5) is 23.9. The summed E-state index contributed by atoms with van der Waals surface area (Å²) >= 11 is 11.6. The number of nitrogens with one attached hydrogen (secondary N) is 1. The highest BCUT2D eigenvalue weighted by molar-refractivity contribution is 6.42. The molecule has 0 aliphatic rings. The number of esters is 1. The predicted octanol–water partition coefficient (Wildman–Crippen LogP) is 2.63. The van der Waals surface area contributed by atoms with E-state index in [9.17, 15) is 9.59 Å². The Morgan fingerprint density at radius 3 is 2.56 bits per heavy atom. The second kappa shape index (κ2) is 6.47. The number of benzene rings is 1. The molecule has 0 bridgehead atoms. The van der Waals surface area contributed by atoms with Crippen LogP contribution < -0.4 is 5.32 Å². The first kappa shape index (κ1) is 14.6. The zero-order valence-corrected chi connectivity index (χ0v) is 11.4. The first-order valence-corrected chi connectivity index (χ1v) is 5.73. The minimum absolute atomic E-state index is 0.135. The molecule has 0 saturated heterocycles. The summed E-state index contributed by atoms with van der Waals surface area (Å²) in [6.07, 6.45) is 0. The van der Waals surface area contributed by atoms with Crippen molar-refractivity contribution in [3.8, 4) is 0 Å². The molecule has 0 unspecified atom stereocenters. The number of rotatable bonds is 3. The molecule has 5 nitrogen and oxygen atoms in total. The first-order chi connectivity index (χ1) is 8.43. The summed E-state index contributed by atoms with van der Waals surface area (Å²) in [7, 11) is 2.73. The molecule has 98 valence electrons. The average Bonchev–Trinajstić information content (AvgIpc) is 2.33. The summed E-state index contributed by atoms with van der Waals surface area (Å²) in [5.41, 5.74) is 0.492. The number of carbonyl (C=O) groups excluding carboxylic acids is 2. The number of amides is 2. The van der Waals surface area contributed by atoms with Gasteiger partial charge in [-0.3, -0.25) is 4.79 Å². The van der Waals surface area contributed by atoms with Crippen LogP contribution in [0.3, 0.4) is 0 Å². The van der Waals surface area contributed by atoms with Gasteiger partial charge in [0.15, 0.2) is 0 Å². The maximum atomic E-state index is 11.7. The van der Waals surface area contributed by atoms with Crippen LogP contribution in [-0.4, -0.2) is 37.6 Å². The molecule has 0 heterocycles. The molecule has 0 spiro atoms. The SMILES string of the molecule is COC(=O)CN(C)C(=O)Nc1ccc(Cl)c(Cl)c1. The molecule has 0 aromatic heterocycles. The third kappa shape index (κ3) is 4.09. The monoisotopic (exact) mass is 290 g/mol. The second-order valence-corrected chi connectivity index (χ2v) is 4.31. The zero-order valence-electron chi connectivity index (χ0n) is 9.87. The lowest BCUT2D eigenvalue weighted by Crippen LogP contribution is -2.35. The summed E-state index contributed by atoms with van der Waals surface area (Å²) in [6, 6.07) is 4.25. The van der Waals surface area contributed by atoms with Crippen molar-refractivity contribution in [1.29, 1.82) is 0 Å². The van der Waals surface area contributed by atoms with Crippen LogP contribution in [0.4, 0.5) is 10.5 Å². The molecular weight excluding hydrogens is 279 g/mol. The molecule has 7 heteroatoms. The lowest BCUT2D eigenvalue weighted by molar-refractivity contribution is -0.140. The molecule has 0 saturated carbocycles. The Morgan fingerprint density at radius 2 is 2.00 bits per heavy atom. The minimum atomic E-state index is -0.498. The number of nitrogens with zero attached hydrogens (tertiary/aromatic N) is 1. The largest absolute Gasteiger partial charge is 0.468 e. The van der Waals surface area contributed by atoms with Crippen molar-refractivity contribution in [3.05, 3.63) is 28.2 Å². The van der Waals surface area contributed by atoms with Crippen LogP contribution in [0.5, 0.6) is 0 Å². The quantitative estimate of drug-likeness (QED) is 0.871. The Balaban J connectivity index is 2.63. The minimum Gasteiger partial charge on any atom is -0.468 e. The highest BCUT2D eigenvalue weighted by atomic mass is 35.5. The Hall–Kier alpha value is -1.46. The molecule has 0 aliphatic heterocycles. The summed E-state index contributed by atoms with van der Waals surface area (Å²) in [5.74, 6) is -0.498. The van der Waals surface area contributed by atoms with E-state index in [0.29, 0.717) is 15.7 Å². The van der Waals surface area contributed by atoms with Gasteiger partial charge in [-0.2, -0.15) is 0 Å². The van der Waals surface area contributed by atoms with Crippen molar-refractivity contribution < 1.29 is 14.3 Å². The fourth-order valence-electron chi connectivity index (χ4n) is 1.12. The van der Waals surface area contributed by atoms with Crippen LogP contribution in [0, 0.1) is 0 Å². The second-order valence-electron chi connectivity index (χ2n) is 3.49. The molecule has 1 rings (SSSR count). The lowest BCUT2D eigenvalue weighted by atomic mass is 10.3. The van der Waals surface area contributed by atoms with E-state index in [-0.39, 0.29) is 6.54 Å². The van der Waals surface area contributed by atoms with E-state index in [4.69, 9.17) is 23.2 Å². The number of urea groups is 1. The van der Waals surface area contributed by atoms with Crippen LogP contribution in [0.25, 0.3) is 0 Å². The molecule has 1 aromatic carbocycles. The molecule has 0 fully saturated rings. The van der Waals surface area contributed by atoms with Gasteiger partial charge < -0.3 is 15.0 Å². The van der Waals surface area contributed by atoms with E-state index in [1.165, 1.54) is 25.1 Å². The Labute approximate surface area is 115 Å². The van der Waals surface area contributed by atoms with Gasteiger partial charge in [0, 0.05) is 12.7 Å². The van der Waals surface area contributed by atoms with Crippen LogP contribution in [-0.2, 0) is 9.53 Å². The van der Waals surface area contributed by atoms with Crippen molar-refractivity contribution in [2.45, 2.75) is 0 Å². The number of carbonyl (C=O) groups is 2. The molecule has 1 aromatic rings. The van der Waals surface area contributed by atoms with Gasteiger partial charge in [0.25, 0.3) is 0 Å². The fourth-order valence-corrected chi connectivity index (χ4v) is 1.42. The highest BCUT2D eigenvalue weighted by Crippen LogP contribution is 2.25. The topological polar surface area (TPSA) is 58.6 Å². The first-order valence-electron chi connectivity index (χ1n) is 4.98. The van der Waals surface area contributed by atoms with E-state index in [1.807, 2.05) is 0 Å². The number of likely N-dealkylation sites (N-methyl/N-ethyl adjacent to an activating group) is 1. The van der Waals surface area contributed by atoms with Crippen molar-refractivity contribution in [2.24, 2.45) is 0 Å². The summed E-state index contributed by atoms with van der Waals surface area (Å²) in [6.45, 7) is -0.135. The third-order valence-electron chi connectivity index (χ3n) is 2.11. The Bertz CT molecular complexity index is 466. The van der Waals surface area contributed by atoms with Gasteiger partial charge in [0.2, 0.25) is 0 Å². The summed E-state index contributed by atoms with van der Waals surface area (Å²) in [5, 5.41) is 3.31. The Morgan fingerprint density at radius 1 is 1.33 bits per heavy atom. The zero-order chi connectivity index (χ0) is 13.7. The maximum Gasteiger partial charge on any atom is 0.325 e. The van der Waals surface area contributed by atoms with Gasteiger partial charge >= 0.3 is 12.0 Å². The van der Waals surface area contributed by atoms with E-state index >= 15 is 0 Å². The number of halogens is 2. The number of hydrogen-bond donors (Lipinski definition) is 1. The molecular formula is C11H12Cl2N2O3. The van der Waals surface area contributed by atoms with E-state index in [1.54, 1.807) is 12.1 Å². The van der Waals surface area contributed by atoms with Crippen molar-refractivity contribution in [1.82, 2.24) is 4.90 Å². The van der Waals surface area contributed by atoms with Gasteiger partial charge in [-0.1, -0.05) is 23.2 Å². The van der Waals surface area contributed by atoms with Crippen LogP contribution in [0.15, 0.2) is 18.2 Å². The molecule has 0 atom stereocenters. The normalized spacial score (nSPS) is 9.78. The van der Waals surface area contributed by atoms with Crippen LogP contribution >= 0.6 is 23.2 Å². The van der Waals surface area contributed by atoms with E-state index in [2.05, 4.69) is 10.1 Å². The highest BCUT2D eigenvalue weighted by Gasteiger charge is 2.13. The number of ether oxygens (including phenoxy) is 1. The van der Waals surface area contributed by atoms with Gasteiger partial charge in [-0.15, -0.1) is 0 Å². The predicted molar refractivity (Wildman–Crippen MR) is 70.1 cm³/mol. The Kier molecular flexibility index (Phi) is 5.25. The van der Waals surface area contributed by atoms with Gasteiger partial charge in [0.05, 0.1) is 17.2 Å². The van der Waals surface area contributed by atoms with Gasteiger partial charge in [0.1, 0.15) is 6.54 Å². The summed E-state index contributed by atoms with van der Waals surface area (Å²) < 4.78 is 4.46. The average molecular weight is 291 g/mol. The van der Waals surface area contributed by atoms with Gasteiger partial charge in [-0.25, -0.2) is 4.79 Å². The molecule has 2 amide bonds. The third-order valence-corrected chi connectivity index (χ3v) is 2.85. The van der Waals surface area contributed by atoms with Crippen LogP contribution in [0.2, 0.25) is 10.0 Å². The molecule has 0 radical (unpaired) electrons. The number of methoxy groups -OCH3 is 1. The molecule has 0 aliphatic carbocycles. The van der Waals surface area contributed by atoms with E-state index in [0.717, 1.165) is 0 Å². The number of anilines is 1.